The molecule has 0 heterocycles. The van der Waals surface area contributed by atoms with E-state index in [1.807, 2.05) is 24.3 Å². The molecule has 3 aromatic rings. The van der Waals surface area contributed by atoms with Crippen LogP contribution in [0.15, 0.2) is 72.8 Å². The first-order valence-corrected chi connectivity index (χ1v) is 9.80. The summed E-state index contributed by atoms with van der Waals surface area (Å²) in [4.78, 5) is 12.2. The topological polar surface area (TPSA) is 67.8 Å². The molecule has 1 amide bonds. The van der Waals surface area contributed by atoms with Gasteiger partial charge < -0.3 is 19.9 Å². The molecule has 0 unspecified atom stereocenters. The van der Waals surface area contributed by atoms with E-state index in [4.69, 9.17) is 9.47 Å². The van der Waals surface area contributed by atoms with E-state index >= 15 is 0 Å². The lowest BCUT2D eigenvalue weighted by molar-refractivity contribution is 0.144. The van der Waals surface area contributed by atoms with Gasteiger partial charge in [0.1, 0.15) is 18.1 Å². The standard InChI is InChI=1S/C25H23NO4/c1-29-24-13-12-18(27)15-17(24)7-6-14-26-25(28)30-16-23-21-10-4-2-8-19(21)20-9-3-5-11-22(20)23/h2-13,15,23,27H,14,16H2,1H3,(H,26,28). The van der Waals surface area contributed by atoms with Crippen molar-refractivity contribution in [1.29, 1.82) is 0 Å². The van der Waals surface area contributed by atoms with Gasteiger partial charge in [0, 0.05) is 18.0 Å². The molecule has 5 nitrogen and oxygen atoms in total. The average molecular weight is 401 g/mol. The van der Waals surface area contributed by atoms with Crippen molar-refractivity contribution in [2.75, 3.05) is 20.3 Å². The fraction of sp³-hybridized carbons (Fsp3) is 0.160. The number of ether oxygens (including phenoxy) is 2. The van der Waals surface area contributed by atoms with E-state index in [0.29, 0.717) is 12.3 Å². The van der Waals surface area contributed by atoms with Crippen LogP contribution < -0.4 is 10.1 Å². The number of rotatable bonds is 6. The third-order valence-corrected chi connectivity index (χ3v) is 5.22. The molecule has 1 aliphatic rings. The summed E-state index contributed by atoms with van der Waals surface area (Å²) in [6.45, 7) is 0.583. The fourth-order valence-corrected chi connectivity index (χ4v) is 3.83. The minimum Gasteiger partial charge on any atom is -0.508 e. The number of carbonyl (C=O) groups excluding carboxylic acids is 1. The predicted molar refractivity (Wildman–Crippen MR) is 117 cm³/mol. The van der Waals surface area contributed by atoms with Crippen LogP contribution in [0.5, 0.6) is 11.5 Å². The number of phenols is 1. The zero-order chi connectivity index (χ0) is 20.9. The van der Waals surface area contributed by atoms with Crippen molar-refractivity contribution in [3.8, 4) is 22.6 Å². The summed E-state index contributed by atoms with van der Waals surface area (Å²) in [7, 11) is 1.57. The van der Waals surface area contributed by atoms with Crippen LogP contribution in [0.3, 0.4) is 0 Å². The van der Waals surface area contributed by atoms with Crippen molar-refractivity contribution in [1.82, 2.24) is 5.32 Å². The van der Waals surface area contributed by atoms with Crippen LogP contribution in [0.4, 0.5) is 4.79 Å². The van der Waals surface area contributed by atoms with Crippen molar-refractivity contribution in [2.45, 2.75) is 5.92 Å². The molecule has 0 atom stereocenters. The second-order valence-corrected chi connectivity index (χ2v) is 7.04. The van der Waals surface area contributed by atoms with Gasteiger partial charge in [-0.1, -0.05) is 60.7 Å². The first-order chi connectivity index (χ1) is 14.7. The number of carbonyl (C=O) groups is 1. The van der Waals surface area contributed by atoms with Crippen LogP contribution in [0, 0.1) is 0 Å². The van der Waals surface area contributed by atoms with Crippen LogP contribution in [-0.4, -0.2) is 31.5 Å². The molecule has 0 bridgehead atoms. The maximum atomic E-state index is 12.2. The summed E-state index contributed by atoms with van der Waals surface area (Å²) in [6.07, 6.45) is 3.09. The number of nitrogens with one attached hydrogen (secondary N) is 1. The summed E-state index contributed by atoms with van der Waals surface area (Å²) >= 11 is 0. The van der Waals surface area contributed by atoms with Crippen molar-refractivity contribution >= 4 is 12.2 Å². The zero-order valence-electron chi connectivity index (χ0n) is 16.7. The Morgan fingerprint density at radius 1 is 1.03 bits per heavy atom. The number of methoxy groups -OCH3 is 1. The third kappa shape index (κ3) is 4.01. The first-order valence-electron chi connectivity index (χ1n) is 9.80. The number of phenolic OH excluding ortho intramolecular Hbond substituents is 1. The molecule has 0 saturated heterocycles. The zero-order valence-corrected chi connectivity index (χ0v) is 16.7. The number of hydrogen-bond donors (Lipinski definition) is 2. The molecular formula is C25H23NO4. The lowest BCUT2D eigenvalue weighted by atomic mass is 9.98. The molecule has 3 aromatic carbocycles. The van der Waals surface area contributed by atoms with Gasteiger partial charge in [0.25, 0.3) is 0 Å². The van der Waals surface area contributed by atoms with E-state index in [0.717, 1.165) is 5.56 Å². The van der Waals surface area contributed by atoms with Gasteiger partial charge in [0.15, 0.2) is 0 Å². The number of amides is 1. The predicted octanol–water partition coefficient (Wildman–Crippen LogP) is 4.95. The molecule has 30 heavy (non-hydrogen) atoms. The van der Waals surface area contributed by atoms with Gasteiger partial charge in [0.2, 0.25) is 0 Å². The highest BCUT2D eigenvalue weighted by atomic mass is 16.5. The highest BCUT2D eigenvalue weighted by Gasteiger charge is 2.28. The van der Waals surface area contributed by atoms with E-state index in [1.54, 1.807) is 37.5 Å². The Bertz CT molecular complexity index is 1040. The van der Waals surface area contributed by atoms with E-state index < -0.39 is 6.09 Å². The van der Waals surface area contributed by atoms with Crippen molar-refractivity contribution in [3.05, 3.63) is 89.5 Å². The lowest BCUT2D eigenvalue weighted by Gasteiger charge is -2.14. The lowest BCUT2D eigenvalue weighted by Crippen LogP contribution is -2.26. The van der Waals surface area contributed by atoms with Gasteiger partial charge in [-0.15, -0.1) is 0 Å². The maximum Gasteiger partial charge on any atom is 0.407 e. The Hall–Kier alpha value is -3.73. The van der Waals surface area contributed by atoms with E-state index in [9.17, 15) is 9.90 Å². The van der Waals surface area contributed by atoms with Gasteiger partial charge in [-0.05, 0) is 40.5 Å². The molecule has 0 aliphatic heterocycles. The van der Waals surface area contributed by atoms with Crippen LogP contribution in [0.1, 0.15) is 22.6 Å². The van der Waals surface area contributed by atoms with Crippen molar-refractivity contribution in [3.63, 3.8) is 0 Å². The fourth-order valence-electron chi connectivity index (χ4n) is 3.83. The largest absolute Gasteiger partial charge is 0.508 e. The van der Waals surface area contributed by atoms with Crippen molar-refractivity contribution in [2.24, 2.45) is 0 Å². The second-order valence-electron chi connectivity index (χ2n) is 7.04. The number of hydrogen-bond acceptors (Lipinski definition) is 4. The van der Waals surface area contributed by atoms with Gasteiger partial charge in [-0.2, -0.15) is 0 Å². The van der Waals surface area contributed by atoms with Crippen LogP contribution in [-0.2, 0) is 4.74 Å². The van der Waals surface area contributed by atoms with Gasteiger partial charge in [-0.25, -0.2) is 4.79 Å². The SMILES string of the molecule is COc1ccc(O)cc1C=CCNC(=O)OCC1c2ccccc2-c2ccccc21. The Kier molecular flexibility index (Phi) is 5.70. The summed E-state index contributed by atoms with van der Waals surface area (Å²) in [5.74, 6) is 0.834. The molecule has 0 spiro atoms. The third-order valence-electron chi connectivity index (χ3n) is 5.22. The highest BCUT2D eigenvalue weighted by Crippen LogP contribution is 2.44. The summed E-state index contributed by atoms with van der Waals surface area (Å²) in [5.41, 5.74) is 5.49. The average Bonchev–Trinajstić information content (AvgIpc) is 3.09. The minimum absolute atomic E-state index is 0.0373. The molecule has 1 aliphatic carbocycles. The smallest absolute Gasteiger partial charge is 0.407 e. The van der Waals surface area contributed by atoms with Gasteiger partial charge >= 0.3 is 6.09 Å². The van der Waals surface area contributed by atoms with Gasteiger partial charge in [-0.3, -0.25) is 0 Å². The normalized spacial score (nSPS) is 12.4. The maximum absolute atomic E-state index is 12.2. The van der Waals surface area contributed by atoms with Crippen LogP contribution in [0.2, 0.25) is 0 Å². The van der Waals surface area contributed by atoms with Gasteiger partial charge in [0.05, 0.1) is 7.11 Å². The Balaban J connectivity index is 1.34. The summed E-state index contributed by atoms with van der Waals surface area (Å²) < 4.78 is 10.8. The summed E-state index contributed by atoms with van der Waals surface area (Å²) in [6, 6.07) is 21.3. The highest BCUT2D eigenvalue weighted by molar-refractivity contribution is 5.79. The quantitative estimate of drug-likeness (QED) is 0.613. The number of aromatic hydroxyl groups is 1. The molecule has 0 saturated carbocycles. The molecule has 2 N–H and O–H groups in total. The number of benzene rings is 3. The van der Waals surface area contributed by atoms with E-state index in [-0.39, 0.29) is 18.3 Å². The molecule has 152 valence electrons. The minimum atomic E-state index is -0.468. The van der Waals surface area contributed by atoms with E-state index in [2.05, 4.69) is 29.6 Å². The Morgan fingerprint density at radius 3 is 2.37 bits per heavy atom. The molecule has 4 rings (SSSR count). The Morgan fingerprint density at radius 2 is 1.70 bits per heavy atom. The van der Waals surface area contributed by atoms with E-state index in [1.165, 1.54) is 22.3 Å². The monoisotopic (exact) mass is 401 g/mol. The van der Waals surface area contributed by atoms with Crippen LogP contribution >= 0.6 is 0 Å². The molecule has 0 radical (unpaired) electrons. The molecular weight excluding hydrogens is 378 g/mol. The molecule has 5 heteroatoms. The number of alkyl carbamates (subject to hydrolysis) is 1. The number of fused-ring (bicyclic) bond motifs is 3. The Labute approximate surface area is 175 Å². The van der Waals surface area contributed by atoms with Crippen LogP contribution in [0.25, 0.3) is 17.2 Å². The first kappa shape index (κ1) is 19.6. The second kappa shape index (κ2) is 8.74. The molecule has 0 fully saturated rings. The van der Waals surface area contributed by atoms with Crippen molar-refractivity contribution < 1.29 is 19.4 Å². The summed E-state index contributed by atoms with van der Waals surface area (Å²) in [5, 5.41) is 12.3. The molecule has 0 aromatic heterocycles.